The van der Waals surface area contributed by atoms with E-state index in [1.807, 2.05) is 0 Å². The third-order valence-electron chi connectivity index (χ3n) is 4.78. The highest BCUT2D eigenvalue weighted by molar-refractivity contribution is 7.89. The number of hydrogen-bond donors (Lipinski definition) is 1. The lowest BCUT2D eigenvalue weighted by atomic mass is 10.1. The Bertz CT molecular complexity index is 1200. The van der Waals surface area contributed by atoms with Crippen LogP contribution in [0.1, 0.15) is 15.9 Å². The molecule has 0 radical (unpaired) electrons. The van der Waals surface area contributed by atoms with Crippen LogP contribution >= 0.6 is 11.6 Å². The van der Waals surface area contributed by atoms with Crippen LogP contribution in [0.5, 0.6) is 0 Å². The number of esters is 1. The van der Waals surface area contributed by atoms with Gasteiger partial charge in [0.15, 0.2) is 6.61 Å². The molecule has 0 atom stereocenters. The highest BCUT2D eigenvalue weighted by Crippen LogP contribution is 2.28. The maximum absolute atomic E-state index is 12.9. The van der Waals surface area contributed by atoms with E-state index in [1.165, 1.54) is 47.6 Å². The van der Waals surface area contributed by atoms with Crippen LogP contribution in [0.15, 0.2) is 41.3 Å². The molecule has 0 unspecified atom stereocenters. The summed E-state index contributed by atoms with van der Waals surface area (Å²) in [5, 5.41) is 13.6. The SMILES string of the molecule is Cc1cccc(C(=O)OCC(=O)Nc2ccc(Cl)c(S(=O)(=O)N3CCOCC3)c2)c1[N+](=O)[O-]. The number of ether oxygens (including phenoxy) is 2. The van der Waals surface area contributed by atoms with E-state index in [0.717, 1.165) is 0 Å². The van der Waals surface area contributed by atoms with Gasteiger partial charge < -0.3 is 14.8 Å². The van der Waals surface area contributed by atoms with Crippen molar-refractivity contribution < 1.29 is 32.4 Å². The third kappa shape index (κ3) is 5.66. The molecule has 3 rings (SSSR count). The van der Waals surface area contributed by atoms with E-state index in [0.29, 0.717) is 0 Å². The molecule has 11 nitrogen and oxygen atoms in total. The monoisotopic (exact) mass is 497 g/mol. The normalized spacial score (nSPS) is 14.5. The first-order valence-electron chi connectivity index (χ1n) is 9.69. The van der Waals surface area contributed by atoms with Gasteiger partial charge in [0.1, 0.15) is 10.5 Å². The maximum Gasteiger partial charge on any atom is 0.345 e. The van der Waals surface area contributed by atoms with Crippen LogP contribution < -0.4 is 5.32 Å². The zero-order valence-electron chi connectivity index (χ0n) is 17.4. The highest BCUT2D eigenvalue weighted by atomic mass is 35.5. The molecule has 1 fully saturated rings. The van der Waals surface area contributed by atoms with E-state index in [1.54, 1.807) is 0 Å². The van der Waals surface area contributed by atoms with Gasteiger partial charge in [-0.05, 0) is 31.2 Å². The highest BCUT2D eigenvalue weighted by Gasteiger charge is 2.29. The van der Waals surface area contributed by atoms with E-state index in [-0.39, 0.29) is 53.0 Å². The Balaban J connectivity index is 1.69. The molecule has 176 valence electrons. The van der Waals surface area contributed by atoms with Crippen LogP contribution in [0.25, 0.3) is 0 Å². The zero-order chi connectivity index (χ0) is 24.2. The molecule has 33 heavy (non-hydrogen) atoms. The summed E-state index contributed by atoms with van der Waals surface area (Å²) in [5.41, 5.74) is -0.292. The number of para-hydroxylation sites is 1. The molecule has 1 heterocycles. The van der Waals surface area contributed by atoms with Gasteiger partial charge in [-0.15, -0.1) is 0 Å². The molecule has 1 saturated heterocycles. The van der Waals surface area contributed by atoms with Gasteiger partial charge in [-0.25, -0.2) is 13.2 Å². The molecule has 0 aliphatic carbocycles. The molecule has 1 aliphatic rings. The van der Waals surface area contributed by atoms with Crippen molar-refractivity contribution in [3.8, 4) is 0 Å². The van der Waals surface area contributed by atoms with Gasteiger partial charge in [0, 0.05) is 24.3 Å². The summed E-state index contributed by atoms with van der Waals surface area (Å²) in [6.45, 7) is 1.62. The Kier molecular flexibility index (Phi) is 7.64. The fraction of sp³-hybridized carbons (Fsp3) is 0.300. The van der Waals surface area contributed by atoms with Gasteiger partial charge in [-0.3, -0.25) is 14.9 Å². The predicted molar refractivity (Wildman–Crippen MR) is 118 cm³/mol. The Morgan fingerprint density at radius 1 is 1.24 bits per heavy atom. The number of hydrogen-bond acceptors (Lipinski definition) is 8. The van der Waals surface area contributed by atoms with Crippen molar-refractivity contribution in [3.05, 3.63) is 62.7 Å². The number of aryl methyl sites for hydroxylation is 1. The summed E-state index contributed by atoms with van der Waals surface area (Å²) in [5.74, 6) is -1.80. The number of carbonyl (C=O) groups excluding carboxylic acids is 2. The number of morpholine rings is 1. The molecular weight excluding hydrogens is 478 g/mol. The second-order valence-electron chi connectivity index (χ2n) is 7.01. The fourth-order valence-corrected chi connectivity index (χ4v) is 5.09. The maximum atomic E-state index is 12.9. The van der Waals surface area contributed by atoms with Gasteiger partial charge in [-0.2, -0.15) is 4.31 Å². The number of carbonyl (C=O) groups is 2. The Hall–Kier alpha value is -3.06. The van der Waals surface area contributed by atoms with Gasteiger partial charge >= 0.3 is 5.97 Å². The van der Waals surface area contributed by atoms with Crippen molar-refractivity contribution in [2.75, 3.05) is 38.2 Å². The average Bonchev–Trinajstić information content (AvgIpc) is 2.78. The number of nitrogens with zero attached hydrogens (tertiary/aromatic N) is 2. The number of sulfonamides is 1. The van der Waals surface area contributed by atoms with Crippen LogP contribution in [0, 0.1) is 17.0 Å². The number of nitro benzene ring substituents is 1. The van der Waals surface area contributed by atoms with Crippen LogP contribution in [0.3, 0.4) is 0 Å². The summed E-state index contributed by atoms with van der Waals surface area (Å²) < 4.78 is 37.1. The number of amides is 1. The Morgan fingerprint density at radius 2 is 1.94 bits per heavy atom. The van der Waals surface area contributed by atoms with Gasteiger partial charge in [0.05, 0.1) is 23.2 Å². The summed E-state index contributed by atoms with van der Waals surface area (Å²) in [7, 11) is -3.91. The van der Waals surface area contributed by atoms with Crippen molar-refractivity contribution in [2.45, 2.75) is 11.8 Å². The lowest BCUT2D eigenvalue weighted by Crippen LogP contribution is -2.40. The van der Waals surface area contributed by atoms with E-state index in [2.05, 4.69) is 5.32 Å². The van der Waals surface area contributed by atoms with Crippen molar-refractivity contribution in [2.24, 2.45) is 0 Å². The summed E-state index contributed by atoms with van der Waals surface area (Å²) in [4.78, 5) is 34.9. The molecular formula is C20H20ClN3O8S. The minimum atomic E-state index is -3.91. The summed E-state index contributed by atoms with van der Waals surface area (Å²) >= 11 is 6.09. The summed E-state index contributed by atoms with van der Waals surface area (Å²) in [6.07, 6.45) is 0. The number of nitrogens with one attached hydrogen (secondary N) is 1. The number of anilines is 1. The molecule has 0 bridgehead atoms. The van der Waals surface area contributed by atoms with Crippen molar-refractivity contribution in [1.29, 1.82) is 0 Å². The number of nitro groups is 1. The molecule has 0 spiro atoms. The van der Waals surface area contributed by atoms with Gasteiger partial charge in [0.2, 0.25) is 10.0 Å². The molecule has 2 aromatic carbocycles. The van der Waals surface area contributed by atoms with Crippen LogP contribution in [-0.2, 0) is 24.3 Å². The van der Waals surface area contributed by atoms with Crippen molar-refractivity contribution in [1.82, 2.24) is 4.31 Å². The molecule has 0 saturated carbocycles. The largest absolute Gasteiger partial charge is 0.452 e. The minimum Gasteiger partial charge on any atom is -0.452 e. The van der Waals surface area contributed by atoms with E-state index < -0.39 is 39.1 Å². The van der Waals surface area contributed by atoms with Crippen molar-refractivity contribution in [3.63, 3.8) is 0 Å². The van der Waals surface area contributed by atoms with Gasteiger partial charge in [0.25, 0.3) is 11.6 Å². The molecule has 1 amide bonds. The minimum absolute atomic E-state index is 0.0160. The molecule has 13 heteroatoms. The van der Waals surface area contributed by atoms with E-state index in [4.69, 9.17) is 21.1 Å². The first-order valence-corrected chi connectivity index (χ1v) is 11.5. The van der Waals surface area contributed by atoms with Crippen LogP contribution in [-0.4, -0.2) is 62.4 Å². The molecule has 1 N–H and O–H groups in total. The Labute approximate surface area is 194 Å². The van der Waals surface area contributed by atoms with E-state index in [9.17, 15) is 28.1 Å². The smallest absolute Gasteiger partial charge is 0.345 e. The lowest BCUT2D eigenvalue weighted by Gasteiger charge is -2.26. The average molecular weight is 498 g/mol. The van der Waals surface area contributed by atoms with Crippen molar-refractivity contribution >= 4 is 44.9 Å². The fourth-order valence-electron chi connectivity index (χ4n) is 3.18. The second-order valence-corrected chi connectivity index (χ2v) is 9.33. The lowest BCUT2D eigenvalue weighted by molar-refractivity contribution is -0.385. The number of halogens is 1. The predicted octanol–water partition coefficient (Wildman–Crippen LogP) is 2.37. The van der Waals surface area contributed by atoms with Crippen LogP contribution in [0.4, 0.5) is 11.4 Å². The topological polar surface area (TPSA) is 145 Å². The van der Waals surface area contributed by atoms with Gasteiger partial charge in [-0.1, -0.05) is 23.7 Å². The van der Waals surface area contributed by atoms with E-state index >= 15 is 0 Å². The standard InChI is InChI=1S/C20H20ClN3O8S/c1-13-3-2-4-15(19(13)24(27)28)20(26)32-12-18(25)22-14-5-6-16(21)17(11-14)33(29,30)23-7-9-31-10-8-23/h2-6,11H,7-10,12H2,1H3,(H,22,25). The molecule has 0 aromatic heterocycles. The molecule has 1 aliphatic heterocycles. The number of benzene rings is 2. The zero-order valence-corrected chi connectivity index (χ0v) is 19.0. The first-order chi connectivity index (χ1) is 15.6. The first kappa shape index (κ1) is 24.6. The quantitative estimate of drug-likeness (QED) is 0.348. The second kappa shape index (κ2) is 10.3. The Morgan fingerprint density at radius 3 is 2.61 bits per heavy atom. The van der Waals surface area contributed by atoms with Crippen LogP contribution in [0.2, 0.25) is 5.02 Å². The number of rotatable bonds is 7. The summed E-state index contributed by atoms with van der Waals surface area (Å²) in [6, 6.07) is 8.10. The molecule has 2 aromatic rings. The third-order valence-corrected chi connectivity index (χ3v) is 7.16.